The molecule has 0 aliphatic carbocycles. The number of aliphatic hydroxyl groups is 2. The standard InChI is InChI=1S/C14H22N6O3S/c1-16-3-2-4-24-5-8-10(21)11(22)14(23-8)20-7-19-9-12(15)17-6-18-13(9)20/h6-8,10-11,14,16,21-22H,2-5H2,1H3,(H2,15,17,18)/t8-,10-,11-,14-/m1/s1. The SMILES string of the molecule is CNCCCSC[C@H]1O[C@@H](n2cnc3c(N)ncnc32)[C@H](O)[C@@H]1O. The van der Waals surface area contributed by atoms with Crippen molar-refractivity contribution in [2.75, 3.05) is 30.8 Å². The summed E-state index contributed by atoms with van der Waals surface area (Å²) in [4.78, 5) is 12.2. The van der Waals surface area contributed by atoms with E-state index in [0.717, 1.165) is 18.7 Å². The van der Waals surface area contributed by atoms with Gasteiger partial charge in [-0.05, 0) is 25.8 Å². The highest BCUT2D eigenvalue weighted by Crippen LogP contribution is 2.33. The van der Waals surface area contributed by atoms with E-state index in [9.17, 15) is 10.2 Å². The largest absolute Gasteiger partial charge is 0.387 e. The van der Waals surface area contributed by atoms with Crippen LogP contribution in [0.1, 0.15) is 12.6 Å². The molecule has 5 N–H and O–H groups in total. The highest BCUT2D eigenvalue weighted by molar-refractivity contribution is 7.99. The van der Waals surface area contributed by atoms with E-state index < -0.39 is 24.5 Å². The summed E-state index contributed by atoms with van der Waals surface area (Å²) in [5.41, 5.74) is 6.70. The van der Waals surface area contributed by atoms with Crippen LogP contribution in [0.5, 0.6) is 0 Å². The molecule has 2 aromatic heterocycles. The minimum absolute atomic E-state index is 0.267. The molecule has 1 fully saturated rings. The number of hydrogen-bond acceptors (Lipinski definition) is 9. The molecule has 2 aromatic rings. The van der Waals surface area contributed by atoms with Gasteiger partial charge in [-0.1, -0.05) is 0 Å². The van der Waals surface area contributed by atoms with Crippen LogP contribution in [-0.2, 0) is 4.74 Å². The first-order valence-electron chi connectivity index (χ1n) is 7.80. The minimum atomic E-state index is -1.05. The molecule has 9 nitrogen and oxygen atoms in total. The number of thioether (sulfide) groups is 1. The van der Waals surface area contributed by atoms with Crippen molar-refractivity contribution in [3.05, 3.63) is 12.7 Å². The number of hydrogen-bond donors (Lipinski definition) is 4. The van der Waals surface area contributed by atoms with Crippen LogP contribution in [-0.4, -0.2) is 73.1 Å². The Bertz CT molecular complexity index is 684. The summed E-state index contributed by atoms with van der Waals surface area (Å²) >= 11 is 1.69. The summed E-state index contributed by atoms with van der Waals surface area (Å²) in [5, 5.41) is 23.7. The van der Waals surface area contributed by atoms with Gasteiger partial charge in [0.2, 0.25) is 0 Å². The summed E-state index contributed by atoms with van der Waals surface area (Å²) in [7, 11) is 1.92. The predicted octanol–water partition coefficient (Wildman–Crippen LogP) is -0.630. The molecule has 0 unspecified atom stereocenters. The molecule has 3 rings (SSSR count). The number of anilines is 1. The molecule has 10 heteroatoms. The van der Waals surface area contributed by atoms with Crippen molar-refractivity contribution in [2.24, 2.45) is 0 Å². The number of nitrogens with zero attached hydrogens (tertiary/aromatic N) is 4. The molecule has 1 saturated heterocycles. The van der Waals surface area contributed by atoms with Gasteiger partial charge in [-0.3, -0.25) is 4.57 Å². The number of nitrogens with two attached hydrogens (primary N) is 1. The van der Waals surface area contributed by atoms with Gasteiger partial charge in [0.15, 0.2) is 17.7 Å². The second-order valence-electron chi connectivity index (χ2n) is 5.66. The fourth-order valence-electron chi connectivity index (χ4n) is 2.70. The maximum atomic E-state index is 10.4. The lowest BCUT2D eigenvalue weighted by atomic mass is 10.1. The Kier molecular flexibility index (Phi) is 5.51. The van der Waals surface area contributed by atoms with Crippen LogP contribution in [0.3, 0.4) is 0 Å². The van der Waals surface area contributed by atoms with E-state index in [0.29, 0.717) is 16.9 Å². The van der Waals surface area contributed by atoms with Gasteiger partial charge < -0.3 is 26.0 Å². The lowest BCUT2D eigenvalue weighted by molar-refractivity contribution is -0.0289. The first-order valence-corrected chi connectivity index (χ1v) is 8.96. The van der Waals surface area contributed by atoms with Crippen molar-refractivity contribution in [3.8, 4) is 0 Å². The van der Waals surface area contributed by atoms with Gasteiger partial charge in [-0.15, -0.1) is 0 Å². The van der Waals surface area contributed by atoms with Crippen molar-refractivity contribution < 1.29 is 14.9 Å². The van der Waals surface area contributed by atoms with Crippen LogP contribution in [0, 0.1) is 0 Å². The molecule has 0 aromatic carbocycles. The Balaban J connectivity index is 1.69. The number of ether oxygens (including phenoxy) is 1. The van der Waals surface area contributed by atoms with Crippen LogP contribution in [0.15, 0.2) is 12.7 Å². The highest BCUT2D eigenvalue weighted by Gasteiger charge is 2.44. The molecule has 0 amide bonds. The zero-order valence-corrected chi connectivity index (χ0v) is 14.2. The van der Waals surface area contributed by atoms with E-state index in [-0.39, 0.29) is 5.82 Å². The topological polar surface area (TPSA) is 131 Å². The molecule has 0 spiro atoms. The average molecular weight is 354 g/mol. The number of rotatable bonds is 7. The van der Waals surface area contributed by atoms with Gasteiger partial charge >= 0.3 is 0 Å². The number of fused-ring (bicyclic) bond motifs is 1. The Hall–Kier alpha value is -1.46. The van der Waals surface area contributed by atoms with Crippen molar-refractivity contribution in [1.29, 1.82) is 0 Å². The van der Waals surface area contributed by atoms with Gasteiger partial charge in [0, 0.05) is 5.75 Å². The summed E-state index contributed by atoms with van der Waals surface area (Å²) in [6.07, 6.45) is 0.674. The molecule has 4 atom stereocenters. The predicted molar refractivity (Wildman–Crippen MR) is 91.5 cm³/mol. The molecular weight excluding hydrogens is 332 g/mol. The van der Waals surface area contributed by atoms with E-state index in [1.807, 2.05) is 7.05 Å². The maximum absolute atomic E-state index is 10.4. The monoisotopic (exact) mass is 354 g/mol. The van der Waals surface area contributed by atoms with Crippen molar-refractivity contribution in [1.82, 2.24) is 24.8 Å². The van der Waals surface area contributed by atoms with E-state index in [1.165, 1.54) is 12.7 Å². The van der Waals surface area contributed by atoms with Gasteiger partial charge in [0.1, 0.15) is 24.1 Å². The minimum Gasteiger partial charge on any atom is -0.387 e. The van der Waals surface area contributed by atoms with Gasteiger partial charge in [0.25, 0.3) is 0 Å². The summed E-state index contributed by atoms with van der Waals surface area (Å²) in [5.74, 6) is 1.84. The molecule has 1 aliphatic heterocycles. The fourth-order valence-corrected chi connectivity index (χ4v) is 3.73. The zero-order valence-electron chi connectivity index (χ0n) is 13.4. The second kappa shape index (κ2) is 7.62. The van der Waals surface area contributed by atoms with Gasteiger partial charge in [-0.2, -0.15) is 11.8 Å². The van der Waals surface area contributed by atoms with E-state index in [2.05, 4.69) is 20.3 Å². The van der Waals surface area contributed by atoms with Crippen molar-refractivity contribution >= 4 is 28.7 Å². The second-order valence-corrected chi connectivity index (χ2v) is 6.81. The number of nitrogen functional groups attached to an aromatic ring is 1. The highest BCUT2D eigenvalue weighted by atomic mass is 32.2. The molecule has 0 bridgehead atoms. The third-order valence-corrected chi connectivity index (χ3v) is 5.14. The Morgan fingerprint density at radius 2 is 2.17 bits per heavy atom. The van der Waals surface area contributed by atoms with Crippen molar-refractivity contribution in [2.45, 2.75) is 31.0 Å². The summed E-state index contributed by atoms with van der Waals surface area (Å²) < 4.78 is 7.46. The van der Waals surface area contributed by atoms with Crippen LogP contribution in [0.25, 0.3) is 11.2 Å². The molecule has 1 aliphatic rings. The van der Waals surface area contributed by atoms with E-state index in [1.54, 1.807) is 16.3 Å². The van der Waals surface area contributed by atoms with E-state index in [4.69, 9.17) is 10.5 Å². The summed E-state index contributed by atoms with van der Waals surface area (Å²) in [6, 6.07) is 0. The Morgan fingerprint density at radius 1 is 1.33 bits per heavy atom. The molecule has 24 heavy (non-hydrogen) atoms. The molecule has 132 valence electrons. The third-order valence-electron chi connectivity index (χ3n) is 4.00. The zero-order chi connectivity index (χ0) is 17.1. The Morgan fingerprint density at radius 3 is 2.96 bits per heavy atom. The van der Waals surface area contributed by atoms with Crippen LogP contribution >= 0.6 is 11.8 Å². The van der Waals surface area contributed by atoms with Crippen molar-refractivity contribution in [3.63, 3.8) is 0 Å². The van der Waals surface area contributed by atoms with Gasteiger partial charge in [0.05, 0.1) is 12.4 Å². The van der Waals surface area contributed by atoms with Crippen LogP contribution < -0.4 is 11.1 Å². The molecule has 0 radical (unpaired) electrons. The first kappa shape index (κ1) is 17.4. The lowest BCUT2D eigenvalue weighted by Gasteiger charge is -2.16. The third kappa shape index (κ3) is 3.33. The molecular formula is C14H22N6O3S. The van der Waals surface area contributed by atoms with Crippen LogP contribution in [0.4, 0.5) is 5.82 Å². The lowest BCUT2D eigenvalue weighted by Crippen LogP contribution is -2.32. The quantitative estimate of drug-likeness (QED) is 0.480. The number of aromatic nitrogens is 4. The Labute approximate surface area is 143 Å². The number of nitrogens with one attached hydrogen (secondary N) is 1. The smallest absolute Gasteiger partial charge is 0.167 e. The van der Waals surface area contributed by atoms with E-state index >= 15 is 0 Å². The first-order chi connectivity index (χ1) is 11.6. The van der Waals surface area contributed by atoms with Crippen LogP contribution in [0.2, 0.25) is 0 Å². The molecule has 0 saturated carbocycles. The normalized spacial score (nSPS) is 27.1. The fraction of sp³-hybridized carbons (Fsp3) is 0.643. The average Bonchev–Trinajstić information content (AvgIpc) is 3.12. The van der Waals surface area contributed by atoms with Gasteiger partial charge in [-0.25, -0.2) is 15.0 Å². The number of imidazole rings is 1. The summed E-state index contributed by atoms with van der Waals surface area (Å²) in [6.45, 7) is 0.953. The maximum Gasteiger partial charge on any atom is 0.167 e. The number of aliphatic hydroxyl groups excluding tert-OH is 2. The molecule has 3 heterocycles.